The van der Waals surface area contributed by atoms with Gasteiger partial charge in [-0.05, 0) is 30.7 Å². The summed E-state index contributed by atoms with van der Waals surface area (Å²) >= 11 is 6.09. The summed E-state index contributed by atoms with van der Waals surface area (Å²) in [4.78, 5) is 0. The Morgan fingerprint density at radius 3 is 2.83 bits per heavy atom. The molecule has 0 atom stereocenters. The quantitative estimate of drug-likeness (QED) is 0.586. The van der Waals surface area contributed by atoms with E-state index >= 15 is 0 Å². The summed E-state index contributed by atoms with van der Waals surface area (Å²) in [7, 11) is 2.00. The molecule has 0 N–H and O–H groups in total. The molecule has 0 aliphatic rings. The van der Waals surface area contributed by atoms with E-state index < -0.39 is 0 Å². The Bertz CT molecular complexity index is 429. The number of aromatic nitrogens is 1. The van der Waals surface area contributed by atoms with Crippen molar-refractivity contribution in [3.8, 4) is 0 Å². The van der Waals surface area contributed by atoms with Gasteiger partial charge in [0.05, 0.1) is 10.5 Å². The van der Waals surface area contributed by atoms with Crippen LogP contribution in [0.2, 0.25) is 5.02 Å². The topological polar surface area (TPSA) is 4.93 Å². The third kappa shape index (κ3) is 1.01. The van der Waals surface area contributed by atoms with Crippen LogP contribution in [0, 0.1) is 6.92 Å². The molecule has 2 aromatic rings. The predicted octanol–water partition coefficient (Wildman–Crippen LogP) is 3.14. The lowest BCUT2D eigenvalue weighted by molar-refractivity contribution is 0.969. The van der Waals surface area contributed by atoms with E-state index in [-0.39, 0.29) is 0 Å². The van der Waals surface area contributed by atoms with Gasteiger partial charge in [0.2, 0.25) is 0 Å². The van der Waals surface area contributed by atoms with E-state index in [4.69, 9.17) is 11.6 Å². The first-order valence-corrected chi connectivity index (χ1v) is 4.27. The van der Waals surface area contributed by atoms with E-state index in [9.17, 15) is 0 Å². The first kappa shape index (κ1) is 7.69. The van der Waals surface area contributed by atoms with Crippen LogP contribution in [-0.4, -0.2) is 4.57 Å². The van der Waals surface area contributed by atoms with Gasteiger partial charge in [0, 0.05) is 18.6 Å². The number of rotatable bonds is 0. The minimum atomic E-state index is 0.831. The van der Waals surface area contributed by atoms with Gasteiger partial charge >= 0.3 is 0 Å². The minimum absolute atomic E-state index is 0.831. The molecule has 2 rings (SSSR count). The van der Waals surface area contributed by atoms with Gasteiger partial charge in [-0.25, -0.2) is 0 Å². The molecule has 0 unspecified atom stereocenters. The van der Waals surface area contributed by atoms with Crippen molar-refractivity contribution in [1.29, 1.82) is 0 Å². The van der Waals surface area contributed by atoms with Crippen molar-refractivity contribution in [3.63, 3.8) is 0 Å². The highest BCUT2D eigenvalue weighted by Gasteiger charge is 2.02. The third-order valence-electron chi connectivity index (χ3n) is 2.07. The molecule has 0 amide bonds. The molecular formula is C10H10ClN. The Labute approximate surface area is 76.6 Å². The van der Waals surface area contributed by atoms with Crippen LogP contribution in [0.1, 0.15) is 5.56 Å². The molecule has 1 aromatic heterocycles. The van der Waals surface area contributed by atoms with Gasteiger partial charge < -0.3 is 4.57 Å². The number of aryl methyl sites for hydroxylation is 2. The van der Waals surface area contributed by atoms with Crippen LogP contribution in [0.4, 0.5) is 0 Å². The lowest BCUT2D eigenvalue weighted by atomic mass is 10.2. The second-order valence-electron chi connectivity index (χ2n) is 3.11. The largest absolute Gasteiger partial charge is 0.349 e. The number of halogens is 1. The summed E-state index contributed by atoms with van der Waals surface area (Å²) in [6.07, 6.45) is 2.02. The molecule has 0 fully saturated rings. The fourth-order valence-electron chi connectivity index (χ4n) is 1.53. The molecule has 1 nitrogen and oxygen atoms in total. The van der Waals surface area contributed by atoms with Crippen molar-refractivity contribution in [2.45, 2.75) is 6.92 Å². The van der Waals surface area contributed by atoms with Crippen molar-refractivity contribution < 1.29 is 0 Å². The van der Waals surface area contributed by atoms with Gasteiger partial charge in [-0.3, -0.25) is 0 Å². The number of benzene rings is 1. The monoisotopic (exact) mass is 179 g/mol. The molecule has 0 aliphatic heterocycles. The molecule has 12 heavy (non-hydrogen) atoms. The fraction of sp³-hybridized carbons (Fsp3) is 0.200. The summed E-state index contributed by atoms with van der Waals surface area (Å²) < 4.78 is 2.04. The van der Waals surface area contributed by atoms with E-state index in [2.05, 4.69) is 19.1 Å². The molecule has 0 radical (unpaired) electrons. The average molecular weight is 180 g/mol. The van der Waals surface area contributed by atoms with Gasteiger partial charge in [0.1, 0.15) is 0 Å². The lowest BCUT2D eigenvalue weighted by Gasteiger charge is -2.00. The summed E-state index contributed by atoms with van der Waals surface area (Å²) in [5.41, 5.74) is 2.32. The van der Waals surface area contributed by atoms with Crippen LogP contribution in [0.25, 0.3) is 10.9 Å². The van der Waals surface area contributed by atoms with Crippen LogP contribution in [0.5, 0.6) is 0 Å². The first-order valence-electron chi connectivity index (χ1n) is 3.89. The van der Waals surface area contributed by atoms with E-state index in [1.165, 1.54) is 10.9 Å². The second kappa shape index (κ2) is 2.53. The zero-order valence-electron chi connectivity index (χ0n) is 7.13. The highest BCUT2D eigenvalue weighted by atomic mass is 35.5. The smallest absolute Gasteiger partial charge is 0.0667 e. The standard InChI is InChI=1S/C10H10ClN/c1-7-5-8-3-4-12(2)10(8)9(11)6-7/h3-6H,1-2H3. The van der Waals surface area contributed by atoms with Crippen LogP contribution < -0.4 is 0 Å². The Kier molecular flexibility index (Phi) is 1.62. The Hall–Kier alpha value is -0.950. The molecule has 1 aromatic carbocycles. The highest BCUT2D eigenvalue weighted by Crippen LogP contribution is 2.25. The molecule has 0 aliphatic carbocycles. The van der Waals surface area contributed by atoms with Gasteiger partial charge in [-0.15, -0.1) is 0 Å². The zero-order chi connectivity index (χ0) is 8.72. The van der Waals surface area contributed by atoms with Gasteiger partial charge in [0.25, 0.3) is 0 Å². The predicted molar refractivity (Wildman–Crippen MR) is 52.7 cm³/mol. The number of hydrogen-bond acceptors (Lipinski definition) is 0. The molecule has 1 heterocycles. The molecule has 62 valence electrons. The number of nitrogens with zero attached hydrogens (tertiary/aromatic N) is 1. The first-order chi connectivity index (χ1) is 5.68. The molecule has 0 spiro atoms. The maximum atomic E-state index is 6.09. The molecule has 0 saturated carbocycles. The van der Waals surface area contributed by atoms with Crippen molar-refractivity contribution in [3.05, 3.63) is 35.0 Å². The number of hydrogen-bond donors (Lipinski definition) is 0. The molecule has 0 saturated heterocycles. The van der Waals surface area contributed by atoms with Gasteiger partial charge in [0.15, 0.2) is 0 Å². The van der Waals surface area contributed by atoms with Crippen molar-refractivity contribution >= 4 is 22.5 Å². The highest BCUT2D eigenvalue weighted by molar-refractivity contribution is 6.35. The van der Waals surface area contributed by atoms with Crippen molar-refractivity contribution in [2.75, 3.05) is 0 Å². The third-order valence-corrected chi connectivity index (χ3v) is 2.36. The Morgan fingerprint density at radius 2 is 2.08 bits per heavy atom. The summed E-state index contributed by atoms with van der Waals surface area (Å²) in [6.45, 7) is 2.05. The van der Waals surface area contributed by atoms with E-state index in [1.54, 1.807) is 0 Å². The summed E-state index contributed by atoms with van der Waals surface area (Å²) in [5, 5.41) is 2.04. The van der Waals surface area contributed by atoms with Crippen molar-refractivity contribution in [2.24, 2.45) is 7.05 Å². The van der Waals surface area contributed by atoms with Crippen LogP contribution in [0.3, 0.4) is 0 Å². The van der Waals surface area contributed by atoms with E-state index in [1.807, 2.05) is 23.9 Å². The van der Waals surface area contributed by atoms with Crippen LogP contribution >= 0.6 is 11.6 Å². The van der Waals surface area contributed by atoms with Gasteiger partial charge in [-0.1, -0.05) is 11.6 Å². The van der Waals surface area contributed by atoms with E-state index in [0.717, 1.165) is 10.5 Å². The van der Waals surface area contributed by atoms with Crippen molar-refractivity contribution in [1.82, 2.24) is 4.57 Å². The number of fused-ring (bicyclic) bond motifs is 1. The molecule has 0 bridgehead atoms. The zero-order valence-corrected chi connectivity index (χ0v) is 7.89. The Morgan fingerprint density at radius 1 is 1.33 bits per heavy atom. The van der Waals surface area contributed by atoms with Crippen LogP contribution in [0.15, 0.2) is 24.4 Å². The minimum Gasteiger partial charge on any atom is -0.349 e. The summed E-state index contributed by atoms with van der Waals surface area (Å²) in [5.74, 6) is 0. The van der Waals surface area contributed by atoms with Crippen LogP contribution in [-0.2, 0) is 7.05 Å². The SMILES string of the molecule is Cc1cc(Cl)c2c(ccn2C)c1. The normalized spacial score (nSPS) is 10.9. The Balaban J connectivity index is 2.93. The lowest BCUT2D eigenvalue weighted by Crippen LogP contribution is -1.85. The maximum absolute atomic E-state index is 6.09. The maximum Gasteiger partial charge on any atom is 0.0667 e. The molecule has 2 heteroatoms. The van der Waals surface area contributed by atoms with E-state index in [0.29, 0.717) is 0 Å². The fourth-order valence-corrected chi connectivity index (χ4v) is 1.94. The summed E-state index contributed by atoms with van der Waals surface area (Å²) in [6, 6.07) is 6.21. The molecular weight excluding hydrogens is 170 g/mol. The van der Waals surface area contributed by atoms with Gasteiger partial charge in [-0.2, -0.15) is 0 Å². The average Bonchev–Trinajstić information content (AvgIpc) is 2.31. The second-order valence-corrected chi connectivity index (χ2v) is 3.52.